The normalized spacial score (nSPS) is 14.2. The van der Waals surface area contributed by atoms with Gasteiger partial charge in [-0.15, -0.1) is 0 Å². The molecular formula is C101H88N4O4+4. The van der Waals surface area contributed by atoms with E-state index >= 15 is 0 Å². The maximum atomic E-state index is 8.96. The predicted octanol–water partition coefficient (Wildman–Crippen LogP) is 25.2. The smallest absolute Gasteiger partial charge is 0.212 e. The zero-order chi connectivity index (χ0) is 78.8. The third kappa shape index (κ3) is 12.3. The minimum atomic E-state index is -2.43. The first-order valence-electron chi connectivity index (χ1n) is 40.3. The number of furan rings is 4. The molecule has 12 aromatic carbocycles. The summed E-state index contributed by atoms with van der Waals surface area (Å²) >= 11 is 0. The summed E-state index contributed by atoms with van der Waals surface area (Å²) in [5.74, 6) is -2.15. The summed E-state index contributed by atoms with van der Waals surface area (Å²) in [6.07, 6.45) is 12.3. The lowest BCUT2D eigenvalue weighted by molar-refractivity contribution is -0.660. The van der Waals surface area contributed by atoms with Gasteiger partial charge in [0.25, 0.3) is 0 Å². The van der Waals surface area contributed by atoms with Crippen molar-refractivity contribution in [1.82, 2.24) is 0 Å². The Morgan fingerprint density at radius 3 is 1.06 bits per heavy atom. The maximum Gasteiger partial charge on any atom is 0.212 e. The van der Waals surface area contributed by atoms with Crippen molar-refractivity contribution in [1.29, 1.82) is 0 Å². The number of pyridine rings is 4. The topological polar surface area (TPSA) is 68.1 Å². The molecule has 0 aliphatic heterocycles. The summed E-state index contributed by atoms with van der Waals surface area (Å²) in [6.45, 7) is 9.71. The number of fused-ring (bicyclic) bond motifs is 20. The minimum absolute atomic E-state index is 0.445. The number of rotatable bonds is 6. The van der Waals surface area contributed by atoms with Crippen LogP contribution in [0.5, 0.6) is 0 Å². The van der Waals surface area contributed by atoms with E-state index < -0.39 is 18.6 Å². The van der Waals surface area contributed by atoms with Crippen LogP contribution in [0.1, 0.15) is 97.0 Å². The molecule has 20 aromatic rings. The van der Waals surface area contributed by atoms with Crippen LogP contribution in [0.3, 0.4) is 0 Å². The van der Waals surface area contributed by atoms with Crippen LogP contribution in [-0.2, 0) is 28.2 Å². The standard InChI is InChI=1S/C28H26NO.C26H24NO.C24H20NO.C23H18NO/c1-18-15-25-23-12-11-20-9-5-6-10-22(20)28(23)30-27(25)17-24(18)26-16-21(13-14-29(26)2)19-7-3-4-8-19;1-16(2)19-11-12-27(4)24(14-19)22-15-25-23(13-17(22)3)21-10-9-18-7-5-6-8-20(18)26(21)28-25;1-15-10-11-25(3)22(12-15)20-14-23-21(13-16(20)2)19-9-8-17-6-4-5-7-18(17)24(19)26-23;1-15-13-20-18-11-10-16-7-3-4-8-17(16)23(18)25-22(20)14-19(15)21-9-5-6-12-24(21)2/h5-6,9-17,19H,3-4,7-8H2,1-2H3;5-16H,1-4H3;4-14H,1-3H3;3-14H,1-2H3/q4*+1/i19D;1D3,16D;;. The van der Waals surface area contributed by atoms with Crippen molar-refractivity contribution in [2.75, 3.05) is 0 Å². The molecule has 8 heterocycles. The molecule has 1 unspecified atom stereocenters. The van der Waals surface area contributed by atoms with E-state index in [1.54, 1.807) is 6.07 Å². The highest BCUT2D eigenvalue weighted by Crippen LogP contribution is 2.43. The van der Waals surface area contributed by atoms with Gasteiger partial charge in [-0.05, 0) is 199 Å². The van der Waals surface area contributed by atoms with Crippen LogP contribution in [0.4, 0.5) is 0 Å². The Morgan fingerprint density at radius 2 is 0.670 bits per heavy atom. The molecule has 8 heteroatoms. The van der Waals surface area contributed by atoms with E-state index in [1.165, 1.54) is 106 Å². The second-order valence-corrected chi connectivity index (χ2v) is 29.9. The first kappa shape index (κ1) is 62.7. The number of hydrogen-bond donors (Lipinski definition) is 0. The van der Waals surface area contributed by atoms with Crippen molar-refractivity contribution < 1.29 is 42.8 Å². The van der Waals surface area contributed by atoms with Gasteiger partial charge in [0.2, 0.25) is 22.8 Å². The molecule has 8 nitrogen and oxygen atoms in total. The Hall–Kier alpha value is -12.5. The molecule has 0 saturated heterocycles. The Kier molecular flexibility index (Phi) is 15.9. The molecule has 0 amide bonds. The zero-order valence-corrected chi connectivity index (χ0v) is 63.2. The van der Waals surface area contributed by atoms with E-state index in [2.05, 4.69) is 293 Å². The molecule has 1 atom stereocenters. The summed E-state index contributed by atoms with van der Waals surface area (Å²) in [5, 5.41) is 18.5. The van der Waals surface area contributed by atoms with Crippen molar-refractivity contribution in [2.24, 2.45) is 28.2 Å². The van der Waals surface area contributed by atoms with Gasteiger partial charge in [-0.3, -0.25) is 0 Å². The van der Waals surface area contributed by atoms with E-state index in [0.717, 1.165) is 136 Å². The van der Waals surface area contributed by atoms with Crippen molar-refractivity contribution >= 4 is 131 Å². The molecule has 1 aliphatic carbocycles. The molecule has 1 aliphatic rings. The summed E-state index contributed by atoms with van der Waals surface area (Å²) in [7, 11) is 8.17. The molecule has 1 fully saturated rings. The Balaban J connectivity index is 0.000000106. The van der Waals surface area contributed by atoms with Crippen molar-refractivity contribution in [3.05, 3.63) is 312 Å². The molecular weight excluding hydrogens is 1330 g/mol. The highest BCUT2D eigenvalue weighted by atomic mass is 16.3. The summed E-state index contributed by atoms with van der Waals surface area (Å²) in [6, 6.07) is 86.6. The molecule has 8 aromatic heterocycles. The van der Waals surface area contributed by atoms with Crippen LogP contribution in [0.15, 0.2) is 291 Å². The predicted molar refractivity (Wildman–Crippen MR) is 450 cm³/mol. The molecule has 109 heavy (non-hydrogen) atoms. The highest BCUT2D eigenvalue weighted by molar-refractivity contribution is 6.19. The Labute approximate surface area is 641 Å². The summed E-state index contributed by atoms with van der Waals surface area (Å²) < 4.78 is 74.7. The first-order chi connectivity index (χ1) is 54.9. The number of aryl methyl sites for hydroxylation is 9. The van der Waals surface area contributed by atoms with Crippen LogP contribution >= 0.6 is 0 Å². The van der Waals surface area contributed by atoms with Gasteiger partial charge in [-0.1, -0.05) is 148 Å². The lowest BCUT2D eigenvalue weighted by Gasteiger charge is -2.11. The van der Waals surface area contributed by atoms with Crippen LogP contribution in [0.25, 0.3) is 176 Å². The van der Waals surface area contributed by atoms with Crippen LogP contribution in [-0.4, -0.2) is 0 Å². The second-order valence-electron chi connectivity index (χ2n) is 29.9. The van der Waals surface area contributed by atoms with Gasteiger partial charge in [0.15, 0.2) is 24.8 Å². The lowest BCUT2D eigenvalue weighted by atomic mass is 9.95. The van der Waals surface area contributed by atoms with Gasteiger partial charge in [-0.2, -0.15) is 0 Å². The van der Waals surface area contributed by atoms with E-state index in [1.807, 2.05) is 55.1 Å². The largest absolute Gasteiger partial charge is 0.455 e. The summed E-state index contributed by atoms with van der Waals surface area (Å²) in [4.78, 5) is 0. The Bertz CT molecular complexity index is 7300. The van der Waals surface area contributed by atoms with Gasteiger partial charge in [-0.25, -0.2) is 18.3 Å². The second kappa shape index (κ2) is 27.7. The SMILES string of the molecule is Cc1cc2c(cc1-c1cccc[n+]1C)oc1c3ccccc3ccc21.Cc1cc[n+](C)c(-c2cc3oc4c5ccccc5ccc4c3cc2C)c1.[2H]C([2H])([2H])C([2H])(C)c1cc[n+](C)c(-c2cc3oc4c5ccccc5ccc4c3cc2C)c1.[2H]C1(c2cc[n+](C)c(-c3cc4oc5c6ccccc6ccc5c4cc3C)c2)CCCC1. The number of hydrogen-bond acceptors (Lipinski definition) is 4. The van der Waals surface area contributed by atoms with Gasteiger partial charge in [0.05, 0.1) is 22.3 Å². The van der Waals surface area contributed by atoms with E-state index in [-0.39, 0.29) is 0 Å². The van der Waals surface area contributed by atoms with E-state index in [9.17, 15) is 0 Å². The number of nitrogens with zero attached hydrogens (tertiary/aromatic N) is 4. The van der Waals surface area contributed by atoms with E-state index in [0.29, 0.717) is 5.56 Å². The molecule has 1 saturated carbocycles. The fourth-order valence-corrected chi connectivity index (χ4v) is 16.7. The average molecular weight is 1430 g/mol. The van der Waals surface area contributed by atoms with Crippen molar-refractivity contribution in [3.63, 3.8) is 0 Å². The fourth-order valence-electron chi connectivity index (χ4n) is 16.7. The first-order valence-corrected chi connectivity index (χ1v) is 37.8. The van der Waals surface area contributed by atoms with Crippen molar-refractivity contribution in [2.45, 2.75) is 85.9 Å². The van der Waals surface area contributed by atoms with Gasteiger partial charge < -0.3 is 17.7 Å². The molecule has 0 spiro atoms. The van der Waals surface area contributed by atoms with Gasteiger partial charge >= 0.3 is 0 Å². The quantitative estimate of drug-likeness (QED) is 0.156. The van der Waals surface area contributed by atoms with Crippen molar-refractivity contribution in [3.8, 4) is 45.0 Å². The lowest BCUT2D eigenvalue weighted by Crippen LogP contribution is -2.31. The zero-order valence-electron chi connectivity index (χ0n) is 68.2. The third-order valence-electron chi connectivity index (χ3n) is 22.6. The molecule has 0 bridgehead atoms. The van der Waals surface area contributed by atoms with Gasteiger partial charge in [0.1, 0.15) is 72.9 Å². The molecule has 0 radical (unpaired) electrons. The van der Waals surface area contributed by atoms with Crippen LogP contribution < -0.4 is 18.3 Å². The van der Waals surface area contributed by atoms with Gasteiger partial charge in [0, 0.05) is 120 Å². The minimum Gasteiger partial charge on any atom is -0.455 e. The summed E-state index contributed by atoms with van der Waals surface area (Å²) in [5.41, 5.74) is 23.9. The van der Waals surface area contributed by atoms with E-state index in [4.69, 9.17) is 24.5 Å². The number of aromatic nitrogens is 4. The monoisotopic (exact) mass is 1430 g/mol. The highest BCUT2D eigenvalue weighted by Gasteiger charge is 2.26. The van der Waals surface area contributed by atoms with Crippen LogP contribution in [0.2, 0.25) is 0 Å². The molecule has 532 valence electrons. The number of benzene rings is 12. The molecule has 0 N–H and O–H groups in total. The molecule has 21 rings (SSSR count). The van der Waals surface area contributed by atoms with Crippen LogP contribution in [0, 0.1) is 34.6 Å². The third-order valence-corrected chi connectivity index (χ3v) is 22.6. The fraction of sp³-hybridized carbons (Fsp3) is 0.168. The average Bonchev–Trinajstić information content (AvgIpc) is 1.67. The maximum absolute atomic E-state index is 8.96. The Morgan fingerprint density at radius 1 is 0.330 bits per heavy atom.